The minimum absolute atomic E-state index is 0.212. The van der Waals surface area contributed by atoms with E-state index in [1.165, 1.54) is 16.5 Å². The third kappa shape index (κ3) is 2.81. The molecule has 21 heavy (non-hydrogen) atoms. The molecule has 0 amide bonds. The Bertz CT molecular complexity index is 718. The maximum absolute atomic E-state index is 4.74. The number of fused-ring (bicyclic) bond motifs is 1. The number of benzene rings is 1. The van der Waals surface area contributed by atoms with E-state index < -0.39 is 0 Å². The maximum Gasteiger partial charge on any atom is 0.0875 e. The number of aryl methyl sites for hydroxylation is 1. The lowest BCUT2D eigenvalue weighted by molar-refractivity contribution is 0.531. The fraction of sp³-hybridized carbons (Fsp3) is 0.294. The monoisotopic (exact) mass is 280 g/mol. The molecule has 0 aliphatic heterocycles. The number of likely N-dealkylation sites (N-methyl/N-ethyl adjacent to an activating group) is 1. The summed E-state index contributed by atoms with van der Waals surface area (Å²) in [6, 6.07) is 12.7. The third-order valence-corrected chi connectivity index (χ3v) is 3.76. The highest BCUT2D eigenvalue weighted by Gasteiger charge is 2.18. The van der Waals surface area contributed by atoms with Gasteiger partial charge in [0.05, 0.1) is 17.3 Å². The summed E-state index contributed by atoms with van der Waals surface area (Å²) in [5, 5.41) is 9.52. The van der Waals surface area contributed by atoms with Gasteiger partial charge in [-0.15, -0.1) is 0 Å². The highest BCUT2D eigenvalue weighted by atomic mass is 15.3. The van der Waals surface area contributed by atoms with Crippen LogP contribution in [0.4, 0.5) is 0 Å². The van der Waals surface area contributed by atoms with Crippen molar-refractivity contribution >= 4 is 10.9 Å². The van der Waals surface area contributed by atoms with Gasteiger partial charge in [-0.2, -0.15) is 5.10 Å². The molecule has 1 N–H and O–H groups in total. The van der Waals surface area contributed by atoms with Gasteiger partial charge in [-0.25, -0.2) is 0 Å². The van der Waals surface area contributed by atoms with E-state index in [2.05, 4.69) is 53.6 Å². The minimum Gasteiger partial charge on any atom is -0.309 e. The Labute approximate surface area is 124 Å². The van der Waals surface area contributed by atoms with Gasteiger partial charge in [0.25, 0.3) is 0 Å². The zero-order valence-corrected chi connectivity index (χ0v) is 12.5. The molecule has 1 atom stereocenters. The lowest BCUT2D eigenvalue weighted by Gasteiger charge is -2.16. The van der Waals surface area contributed by atoms with Crippen LogP contribution in [0.3, 0.4) is 0 Å². The van der Waals surface area contributed by atoms with Gasteiger partial charge >= 0.3 is 0 Å². The lowest BCUT2D eigenvalue weighted by atomic mass is 10.0. The second-order valence-electron chi connectivity index (χ2n) is 5.20. The van der Waals surface area contributed by atoms with E-state index in [0.717, 1.165) is 18.7 Å². The summed E-state index contributed by atoms with van der Waals surface area (Å²) in [5.74, 6) is 0. The second-order valence-corrected chi connectivity index (χ2v) is 5.20. The van der Waals surface area contributed by atoms with Crippen LogP contribution < -0.4 is 5.32 Å². The van der Waals surface area contributed by atoms with Crippen LogP contribution in [0, 0.1) is 0 Å². The molecule has 0 fully saturated rings. The Morgan fingerprint density at radius 2 is 1.90 bits per heavy atom. The molecule has 0 saturated carbocycles. The first-order valence-electron chi connectivity index (χ1n) is 7.33. The van der Waals surface area contributed by atoms with Crippen molar-refractivity contribution in [2.45, 2.75) is 19.4 Å². The first-order valence-corrected chi connectivity index (χ1v) is 7.33. The van der Waals surface area contributed by atoms with E-state index in [9.17, 15) is 0 Å². The predicted molar refractivity (Wildman–Crippen MR) is 85.1 cm³/mol. The molecule has 1 aromatic carbocycles. The third-order valence-electron chi connectivity index (χ3n) is 3.76. The molecule has 0 bridgehead atoms. The smallest absolute Gasteiger partial charge is 0.0875 e. The van der Waals surface area contributed by atoms with Crippen LogP contribution in [0.2, 0.25) is 0 Å². The van der Waals surface area contributed by atoms with Crippen molar-refractivity contribution in [2.24, 2.45) is 7.05 Å². The molecule has 2 aromatic heterocycles. The van der Waals surface area contributed by atoms with Crippen molar-refractivity contribution in [1.29, 1.82) is 0 Å². The molecule has 4 heteroatoms. The van der Waals surface area contributed by atoms with Crippen molar-refractivity contribution in [3.8, 4) is 0 Å². The molecule has 2 heterocycles. The average molecular weight is 280 g/mol. The van der Waals surface area contributed by atoms with Crippen molar-refractivity contribution in [3.63, 3.8) is 0 Å². The lowest BCUT2D eigenvalue weighted by Crippen LogP contribution is -2.23. The van der Waals surface area contributed by atoms with Crippen LogP contribution in [-0.4, -0.2) is 21.3 Å². The summed E-state index contributed by atoms with van der Waals surface area (Å²) in [7, 11) is 2.00. The highest BCUT2D eigenvalue weighted by Crippen LogP contribution is 2.25. The number of hydrogen-bond donors (Lipinski definition) is 1. The zero-order chi connectivity index (χ0) is 14.7. The van der Waals surface area contributed by atoms with Gasteiger partial charge in [-0.05, 0) is 36.7 Å². The normalized spacial score (nSPS) is 12.7. The van der Waals surface area contributed by atoms with Gasteiger partial charge in [-0.1, -0.05) is 25.1 Å². The van der Waals surface area contributed by atoms with Crippen molar-refractivity contribution in [3.05, 3.63) is 60.0 Å². The molecule has 3 rings (SSSR count). The Kier molecular flexibility index (Phi) is 3.97. The number of nitrogens with one attached hydrogen (secondary N) is 1. The summed E-state index contributed by atoms with van der Waals surface area (Å²) in [5.41, 5.74) is 3.56. The predicted octanol–water partition coefficient (Wildman–Crippen LogP) is 2.86. The first kappa shape index (κ1) is 13.8. The molecule has 1 unspecified atom stereocenters. The number of pyridine rings is 1. The van der Waals surface area contributed by atoms with Gasteiger partial charge in [-0.3, -0.25) is 9.67 Å². The van der Waals surface area contributed by atoms with Crippen LogP contribution >= 0.6 is 0 Å². The van der Waals surface area contributed by atoms with Crippen LogP contribution in [0.15, 0.2) is 48.8 Å². The van der Waals surface area contributed by atoms with Crippen molar-refractivity contribution in [1.82, 2.24) is 20.1 Å². The Morgan fingerprint density at radius 1 is 1.14 bits per heavy atom. The molecular formula is C17H20N4. The van der Waals surface area contributed by atoms with Crippen molar-refractivity contribution in [2.75, 3.05) is 6.54 Å². The second kappa shape index (κ2) is 6.06. The molecule has 108 valence electrons. The Hall–Kier alpha value is -2.20. The van der Waals surface area contributed by atoms with Gasteiger partial charge in [0.2, 0.25) is 0 Å². The van der Waals surface area contributed by atoms with Crippen LogP contribution in [0.25, 0.3) is 10.9 Å². The number of hydrogen-bond acceptors (Lipinski definition) is 3. The number of aromatic nitrogens is 3. The van der Waals surface area contributed by atoms with Crippen LogP contribution in [0.5, 0.6) is 0 Å². The molecule has 0 saturated heterocycles. The number of nitrogens with zero attached hydrogens (tertiary/aromatic N) is 3. The largest absolute Gasteiger partial charge is 0.309 e. The Morgan fingerprint density at radius 3 is 2.67 bits per heavy atom. The minimum atomic E-state index is 0.212. The van der Waals surface area contributed by atoms with E-state index in [-0.39, 0.29) is 6.04 Å². The Balaban J connectivity index is 1.99. The summed E-state index contributed by atoms with van der Waals surface area (Å²) < 4.78 is 1.96. The molecule has 4 nitrogen and oxygen atoms in total. The number of rotatable bonds is 5. The van der Waals surface area contributed by atoms with Gasteiger partial charge < -0.3 is 5.32 Å². The standard InChI is InChI=1S/C17H20N4/c1-3-19-15(12-13-8-10-18-11-9-13)17-14-6-4-5-7-16(14)21(2)20-17/h4-11,15,19H,3,12H2,1-2H3. The highest BCUT2D eigenvalue weighted by molar-refractivity contribution is 5.82. The van der Waals surface area contributed by atoms with Crippen LogP contribution in [-0.2, 0) is 13.5 Å². The molecule has 0 spiro atoms. The molecular weight excluding hydrogens is 260 g/mol. The summed E-state index contributed by atoms with van der Waals surface area (Å²) in [6.45, 7) is 3.05. The first-order chi connectivity index (χ1) is 10.3. The van der Waals surface area contributed by atoms with E-state index in [1.54, 1.807) is 0 Å². The van der Waals surface area contributed by atoms with Gasteiger partial charge in [0.15, 0.2) is 0 Å². The molecule has 0 aliphatic rings. The van der Waals surface area contributed by atoms with Crippen molar-refractivity contribution < 1.29 is 0 Å². The SMILES string of the molecule is CCNC(Cc1ccncc1)c1nn(C)c2ccccc12. The average Bonchev–Trinajstić information content (AvgIpc) is 2.86. The van der Waals surface area contributed by atoms with E-state index in [4.69, 9.17) is 5.10 Å². The van der Waals surface area contributed by atoms with Gasteiger partial charge in [0.1, 0.15) is 0 Å². The fourth-order valence-electron chi connectivity index (χ4n) is 2.77. The van der Waals surface area contributed by atoms with E-state index in [0.29, 0.717) is 0 Å². The van der Waals surface area contributed by atoms with Crippen LogP contribution in [0.1, 0.15) is 24.2 Å². The van der Waals surface area contributed by atoms with E-state index in [1.807, 2.05) is 24.1 Å². The van der Waals surface area contributed by atoms with E-state index >= 15 is 0 Å². The molecule has 0 radical (unpaired) electrons. The summed E-state index contributed by atoms with van der Waals surface area (Å²) >= 11 is 0. The maximum atomic E-state index is 4.74. The fourth-order valence-corrected chi connectivity index (χ4v) is 2.77. The summed E-state index contributed by atoms with van der Waals surface area (Å²) in [6.07, 6.45) is 4.60. The number of para-hydroxylation sites is 1. The molecule has 3 aromatic rings. The van der Waals surface area contributed by atoms with Gasteiger partial charge in [0, 0.05) is 24.8 Å². The summed E-state index contributed by atoms with van der Waals surface area (Å²) in [4.78, 5) is 4.09. The quantitative estimate of drug-likeness (QED) is 0.781. The molecule has 0 aliphatic carbocycles. The zero-order valence-electron chi connectivity index (χ0n) is 12.5. The topological polar surface area (TPSA) is 42.7 Å².